The van der Waals surface area contributed by atoms with Crippen molar-refractivity contribution in [3.63, 3.8) is 0 Å². The van der Waals surface area contributed by atoms with E-state index in [0.717, 1.165) is 17.5 Å². The first-order valence-electron chi connectivity index (χ1n) is 8.86. The van der Waals surface area contributed by atoms with Crippen LogP contribution in [0, 0.1) is 0 Å². The number of unbranched alkanes of at least 4 members (excludes halogenated alkanes) is 3. The zero-order valence-corrected chi connectivity index (χ0v) is 14.6. The van der Waals surface area contributed by atoms with Gasteiger partial charge in [0.2, 0.25) is 0 Å². The molecule has 0 N–H and O–H groups in total. The van der Waals surface area contributed by atoms with Gasteiger partial charge in [-0.1, -0.05) is 86.8 Å². The average Bonchev–Trinajstić information content (AvgIpc) is 2.69. The van der Waals surface area contributed by atoms with Crippen molar-refractivity contribution in [3.8, 4) is 28.8 Å². The summed E-state index contributed by atoms with van der Waals surface area (Å²) in [6, 6.07) is 20.2. The smallest absolute Gasteiger partial charge is 0.320 e. The minimum atomic E-state index is 0.393. The van der Waals surface area contributed by atoms with Crippen LogP contribution in [0.1, 0.15) is 32.6 Å². The number of hydrogen-bond donors (Lipinski definition) is 0. The predicted octanol–water partition coefficient (Wildman–Crippen LogP) is 5.16. The van der Waals surface area contributed by atoms with Gasteiger partial charge in [-0.05, 0) is 6.42 Å². The second-order valence-corrected chi connectivity index (χ2v) is 5.91. The van der Waals surface area contributed by atoms with Gasteiger partial charge in [0, 0.05) is 11.1 Å². The third-order valence-corrected chi connectivity index (χ3v) is 3.91. The van der Waals surface area contributed by atoms with E-state index in [9.17, 15) is 0 Å². The van der Waals surface area contributed by atoms with E-state index < -0.39 is 0 Å². The molecule has 3 rings (SSSR count). The molecule has 4 nitrogen and oxygen atoms in total. The quantitative estimate of drug-likeness (QED) is 0.534. The maximum Gasteiger partial charge on any atom is 0.320 e. The van der Waals surface area contributed by atoms with Crippen molar-refractivity contribution in [2.24, 2.45) is 0 Å². The molecule has 0 atom stereocenters. The molecule has 0 unspecified atom stereocenters. The molecule has 0 fully saturated rings. The van der Waals surface area contributed by atoms with Gasteiger partial charge < -0.3 is 4.74 Å². The predicted molar refractivity (Wildman–Crippen MR) is 100 cm³/mol. The lowest BCUT2D eigenvalue weighted by Crippen LogP contribution is -2.05. The maximum absolute atomic E-state index is 5.81. The molecule has 0 radical (unpaired) electrons. The monoisotopic (exact) mass is 333 g/mol. The standard InChI is InChI=1S/C21H23N3O/c1-2-3-4-11-16-25-21-23-19(17-12-7-5-8-13-17)22-20(24-21)18-14-9-6-10-15-18/h5-10,12-15H,2-4,11,16H2,1H3. The van der Waals surface area contributed by atoms with Crippen LogP contribution in [0.15, 0.2) is 60.7 Å². The molecule has 4 heteroatoms. The Morgan fingerprint density at radius 1 is 0.680 bits per heavy atom. The van der Waals surface area contributed by atoms with Crippen LogP contribution in [0.2, 0.25) is 0 Å². The summed E-state index contributed by atoms with van der Waals surface area (Å²) < 4.78 is 5.81. The van der Waals surface area contributed by atoms with E-state index in [4.69, 9.17) is 4.74 Å². The van der Waals surface area contributed by atoms with Crippen LogP contribution in [0.25, 0.3) is 22.8 Å². The zero-order chi connectivity index (χ0) is 17.3. The van der Waals surface area contributed by atoms with Crippen LogP contribution in [0.5, 0.6) is 6.01 Å². The summed E-state index contributed by atoms with van der Waals surface area (Å²) in [4.78, 5) is 13.6. The molecule has 1 aromatic heterocycles. The molecule has 0 saturated heterocycles. The SMILES string of the molecule is CCCCCCOc1nc(-c2ccccc2)nc(-c2ccccc2)n1. The van der Waals surface area contributed by atoms with E-state index in [1.165, 1.54) is 19.3 Å². The minimum Gasteiger partial charge on any atom is -0.463 e. The lowest BCUT2D eigenvalue weighted by Gasteiger charge is -2.09. The molecule has 0 aliphatic rings. The Kier molecular flexibility index (Phi) is 6.10. The molecule has 0 amide bonds. The summed E-state index contributed by atoms with van der Waals surface area (Å²) in [6.45, 7) is 2.83. The van der Waals surface area contributed by atoms with E-state index in [2.05, 4.69) is 21.9 Å². The van der Waals surface area contributed by atoms with Crippen molar-refractivity contribution in [3.05, 3.63) is 60.7 Å². The zero-order valence-electron chi connectivity index (χ0n) is 14.6. The number of aromatic nitrogens is 3. The van der Waals surface area contributed by atoms with E-state index in [0.29, 0.717) is 24.3 Å². The highest BCUT2D eigenvalue weighted by molar-refractivity contribution is 5.61. The summed E-state index contributed by atoms with van der Waals surface area (Å²) >= 11 is 0. The third kappa shape index (κ3) is 4.86. The highest BCUT2D eigenvalue weighted by atomic mass is 16.5. The lowest BCUT2D eigenvalue weighted by atomic mass is 10.2. The molecule has 0 aliphatic carbocycles. The molecule has 128 valence electrons. The number of benzene rings is 2. The molecule has 0 spiro atoms. The van der Waals surface area contributed by atoms with Crippen LogP contribution < -0.4 is 4.74 Å². The maximum atomic E-state index is 5.81. The lowest BCUT2D eigenvalue weighted by molar-refractivity contribution is 0.281. The van der Waals surface area contributed by atoms with Gasteiger partial charge in [0.25, 0.3) is 0 Å². The van der Waals surface area contributed by atoms with E-state index in [-0.39, 0.29) is 0 Å². The Balaban J connectivity index is 1.86. The highest BCUT2D eigenvalue weighted by Crippen LogP contribution is 2.22. The molecule has 0 aliphatic heterocycles. The molecule has 0 saturated carbocycles. The second-order valence-electron chi connectivity index (χ2n) is 5.91. The molecule has 2 aromatic carbocycles. The van der Waals surface area contributed by atoms with Crippen LogP contribution in [-0.4, -0.2) is 21.6 Å². The van der Waals surface area contributed by atoms with Gasteiger partial charge in [-0.15, -0.1) is 0 Å². The molecule has 0 bridgehead atoms. The summed E-state index contributed by atoms with van der Waals surface area (Å²) in [5.41, 5.74) is 1.91. The van der Waals surface area contributed by atoms with Gasteiger partial charge in [-0.2, -0.15) is 9.97 Å². The fraction of sp³-hybridized carbons (Fsp3) is 0.286. The number of rotatable bonds is 8. The highest BCUT2D eigenvalue weighted by Gasteiger charge is 2.11. The summed E-state index contributed by atoms with van der Waals surface area (Å²) in [6.07, 6.45) is 4.62. The minimum absolute atomic E-state index is 0.393. The Morgan fingerprint density at radius 2 is 1.24 bits per heavy atom. The van der Waals surface area contributed by atoms with Crippen molar-refractivity contribution in [2.45, 2.75) is 32.6 Å². The number of ether oxygens (including phenoxy) is 1. The van der Waals surface area contributed by atoms with Gasteiger partial charge in [0.1, 0.15) is 0 Å². The van der Waals surface area contributed by atoms with E-state index in [1.54, 1.807) is 0 Å². The Hall–Kier alpha value is -2.75. The number of hydrogen-bond acceptors (Lipinski definition) is 4. The van der Waals surface area contributed by atoms with Crippen LogP contribution in [0.4, 0.5) is 0 Å². The summed E-state index contributed by atoms with van der Waals surface area (Å²) in [5, 5.41) is 0. The Labute approximate surface area is 149 Å². The van der Waals surface area contributed by atoms with Crippen molar-refractivity contribution in [1.82, 2.24) is 15.0 Å². The van der Waals surface area contributed by atoms with E-state index >= 15 is 0 Å². The van der Waals surface area contributed by atoms with Gasteiger partial charge >= 0.3 is 6.01 Å². The van der Waals surface area contributed by atoms with Crippen LogP contribution in [-0.2, 0) is 0 Å². The first-order chi connectivity index (χ1) is 12.4. The molecule has 1 heterocycles. The molecular weight excluding hydrogens is 310 g/mol. The van der Waals surface area contributed by atoms with E-state index in [1.807, 2.05) is 60.7 Å². The average molecular weight is 333 g/mol. The molecular formula is C21H23N3O. The summed E-state index contributed by atoms with van der Waals surface area (Å²) in [7, 11) is 0. The first-order valence-corrected chi connectivity index (χ1v) is 8.86. The summed E-state index contributed by atoms with van der Waals surface area (Å²) in [5.74, 6) is 1.27. The topological polar surface area (TPSA) is 47.9 Å². The van der Waals surface area contributed by atoms with Crippen molar-refractivity contribution in [1.29, 1.82) is 0 Å². The van der Waals surface area contributed by atoms with Gasteiger partial charge in [-0.25, -0.2) is 4.98 Å². The first kappa shape index (κ1) is 17.1. The normalized spacial score (nSPS) is 10.6. The van der Waals surface area contributed by atoms with Gasteiger partial charge in [0.15, 0.2) is 11.6 Å². The molecule has 3 aromatic rings. The van der Waals surface area contributed by atoms with Gasteiger partial charge in [0.05, 0.1) is 6.61 Å². The third-order valence-electron chi connectivity index (χ3n) is 3.91. The Morgan fingerprint density at radius 3 is 1.76 bits per heavy atom. The largest absolute Gasteiger partial charge is 0.463 e. The second kappa shape index (κ2) is 8.92. The van der Waals surface area contributed by atoms with Crippen molar-refractivity contribution < 1.29 is 4.74 Å². The van der Waals surface area contributed by atoms with Crippen LogP contribution in [0.3, 0.4) is 0 Å². The fourth-order valence-electron chi connectivity index (χ4n) is 2.55. The van der Waals surface area contributed by atoms with Crippen molar-refractivity contribution >= 4 is 0 Å². The molecule has 25 heavy (non-hydrogen) atoms. The number of nitrogens with zero attached hydrogens (tertiary/aromatic N) is 3. The van der Waals surface area contributed by atoms with Gasteiger partial charge in [-0.3, -0.25) is 0 Å². The van der Waals surface area contributed by atoms with Crippen LogP contribution >= 0.6 is 0 Å². The Bertz CT molecular complexity index is 718. The fourth-order valence-corrected chi connectivity index (χ4v) is 2.55. The van der Waals surface area contributed by atoms with Crippen molar-refractivity contribution in [2.75, 3.05) is 6.61 Å².